The van der Waals surface area contributed by atoms with E-state index in [9.17, 15) is 19.6 Å². The van der Waals surface area contributed by atoms with Crippen LogP contribution < -0.4 is 9.47 Å². The van der Waals surface area contributed by atoms with E-state index >= 15 is 0 Å². The van der Waals surface area contributed by atoms with Crippen molar-refractivity contribution in [2.45, 2.75) is 104 Å². The summed E-state index contributed by atoms with van der Waals surface area (Å²) >= 11 is 0. The molecule has 0 radical (unpaired) electrons. The number of unbranched alkanes of at least 4 members (excludes halogenated alkanes) is 10. The van der Waals surface area contributed by atoms with Crippen molar-refractivity contribution in [2.75, 3.05) is 26.4 Å². The Morgan fingerprint density at radius 1 is 0.488 bits per heavy atom. The van der Waals surface area contributed by atoms with E-state index in [4.69, 9.17) is 18.5 Å². The van der Waals surface area contributed by atoms with Gasteiger partial charge >= 0.3 is 17.2 Å². The van der Waals surface area contributed by atoms with Gasteiger partial charge in [-0.3, -0.25) is 0 Å². The third-order valence-corrected chi connectivity index (χ3v) is 8.27. The third-order valence-electron chi connectivity index (χ3n) is 7.55. The molecule has 0 saturated heterocycles. The molecule has 2 aromatic carbocycles. The summed E-state index contributed by atoms with van der Waals surface area (Å²) in [5.41, 5.74) is 1.45. The van der Waals surface area contributed by atoms with Gasteiger partial charge in [-0.25, -0.2) is 0 Å². The first-order valence-corrected chi connectivity index (χ1v) is 18.2. The fraction of sp³-hybridized carbons (Fsp3) is 0.636. The summed E-state index contributed by atoms with van der Waals surface area (Å²) in [5, 5.41) is 0. The van der Waals surface area contributed by atoms with Crippen molar-refractivity contribution >= 4 is 17.2 Å². The monoisotopic (exact) mass is 640 g/mol. The second kappa shape index (κ2) is 23.1. The van der Waals surface area contributed by atoms with Crippen LogP contribution >= 0.6 is 17.2 Å². The number of aryl methyl sites for hydroxylation is 2. The fourth-order valence-corrected chi connectivity index (χ4v) is 5.61. The highest BCUT2D eigenvalue weighted by atomic mass is 31.2. The lowest BCUT2D eigenvalue weighted by atomic mass is 9.92. The van der Waals surface area contributed by atoms with Crippen LogP contribution in [0.2, 0.25) is 0 Å². The van der Waals surface area contributed by atoms with Crippen LogP contribution in [0.5, 0.6) is 11.5 Å². The van der Waals surface area contributed by atoms with E-state index in [2.05, 4.69) is 38.1 Å². The highest BCUT2D eigenvalue weighted by Crippen LogP contribution is 2.35. The maximum atomic E-state index is 9.47. The Bertz CT molecular complexity index is 863. The van der Waals surface area contributed by atoms with Crippen LogP contribution in [0.3, 0.4) is 0 Å². The number of ether oxygens (including phenoxy) is 2. The standard InChI is InChI=1S/C33H54O8P2/c1-3-5-7-9-11-13-15-29-17-21-31(22-18-29)38-25-33(27-40-42(34)35,28-41-43(36)37)26-39-32-23-19-30(20-24-32)16-14-12-10-8-6-4-2/h17-24,34-37H,3-16,25-28H2,1-2H3. The lowest BCUT2D eigenvalue weighted by molar-refractivity contribution is -0.00888. The van der Waals surface area contributed by atoms with Crippen LogP contribution in [0.1, 0.15) is 102 Å². The van der Waals surface area contributed by atoms with Crippen LogP contribution in [0.25, 0.3) is 0 Å². The molecule has 0 atom stereocenters. The van der Waals surface area contributed by atoms with Gasteiger partial charge in [0.25, 0.3) is 0 Å². The molecule has 0 spiro atoms. The summed E-state index contributed by atoms with van der Waals surface area (Å²) in [6.45, 7) is 4.16. The summed E-state index contributed by atoms with van der Waals surface area (Å²) in [7, 11) is -5.28. The highest BCUT2D eigenvalue weighted by Gasteiger charge is 2.36. The van der Waals surface area contributed by atoms with Crippen LogP contribution in [0.4, 0.5) is 0 Å². The van der Waals surface area contributed by atoms with E-state index in [0.717, 1.165) is 25.7 Å². The molecule has 0 amide bonds. The summed E-state index contributed by atoms with van der Waals surface area (Å²) < 4.78 is 22.6. The molecule has 2 aromatic rings. The SMILES string of the molecule is CCCCCCCCc1ccc(OCC(COc2ccc(CCCCCCCC)cc2)(COP(O)O)COP(O)O)cc1. The van der Waals surface area contributed by atoms with Crippen molar-refractivity contribution in [1.82, 2.24) is 0 Å². The van der Waals surface area contributed by atoms with Gasteiger partial charge < -0.3 is 38.1 Å². The molecular formula is C33H54O8P2. The molecule has 0 heterocycles. The first kappa shape index (κ1) is 37.8. The Morgan fingerprint density at radius 3 is 1.19 bits per heavy atom. The number of hydrogen-bond acceptors (Lipinski definition) is 8. The number of rotatable bonds is 26. The minimum absolute atomic E-state index is 0.0340. The Kier molecular flexibility index (Phi) is 20.3. The molecule has 8 nitrogen and oxygen atoms in total. The average molecular weight is 641 g/mol. The van der Waals surface area contributed by atoms with Gasteiger partial charge in [0, 0.05) is 0 Å². The van der Waals surface area contributed by atoms with E-state index in [1.54, 1.807) is 0 Å². The highest BCUT2D eigenvalue weighted by molar-refractivity contribution is 7.39. The third kappa shape index (κ3) is 17.7. The fourth-order valence-electron chi connectivity index (χ4n) is 4.84. The quantitative estimate of drug-likeness (QED) is 0.0598. The summed E-state index contributed by atoms with van der Waals surface area (Å²) in [5.74, 6) is 1.28. The smallest absolute Gasteiger partial charge is 0.327 e. The van der Waals surface area contributed by atoms with E-state index in [1.807, 2.05) is 24.3 Å². The van der Waals surface area contributed by atoms with E-state index in [-0.39, 0.29) is 26.4 Å². The van der Waals surface area contributed by atoms with Gasteiger partial charge in [0.1, 0.15) is 24.7 Å². The van der Waals surface area contributed by atoms with Crippen molar-refractivity contribution in [3.8, 4) is 11.5 Å². The normalized spacial score (nSPS) is 11.9. The Morgan fingerprint density at radius 2 is 0.837 bits per heavy atom. The molecule has 0 bridgehead atoms. The predicted molar refractivity (Wildman–Crippen MR) is 175 cm³/mol. The molecule has 0 fully saturated rings. The molecule has 10 heteroatoms. The molecule has 4 N–H and O–H groups in total. The molecular weight excluding hydrogens is 586 g/mol. The van der Waals surface area contributed by atoms with Crippen LogP contribution in [0.15, 0.2) is 48.5 Å². The van der Waals surface area contributed by atoms with Gasteiger partial charge in [-0.1, -0.05) is 102 Å². The van der Waals surface area contributed by atoms with Crippen molar-refractivity contribution < 1.29 is 38.1 Å². The Labute approximate surface area is 261 Å². The molecule has 244 valence electrons. The lowest BCUT2D eigenvalue weighted by Crippen LogP contribution is -2.43. The molecule has 0 aliphatic carbocycles. The minimum atomic E-state index is -2.64. The zero-order chi connectivity index (χ0) is 31.2. The van der Waals surface area contributed by atoms with Crippen molar-refractivity contribution in [3.05, 3.63) is 59.7 Å². The van der Waals surface area contributed by atoms with Gasteiger partial charge in [0.05, 0.1) is 18.6 Å². The van der Waals surface area contributed by atoms with Crippen LogP contribution in [-0.2, 0) is 21.9 Å². The first-order valence-electron chi connectivity index (χ1n) is 15.9. The van der Waals surface area contributed by atoms with Gasteiger partial charge in [0.2, 0.25) is 0 Å². The maximum Gasteiger partial charge on any atom is 0.327 e. The Balaban J connectivity index is 1.98. The second-order valence-corrected chi connectivity index (χ2v) is 13.0. The second-order valence-electron chi connectivity index (χ2n) is 11.5. The Hall–Kier alpha value is -1.34. The van der Waals surface area contributed by atoms with Crippen molar-refractivity contribution in [3.63, 3.8) is 0 Å². The largest absolute Gasteiger partial charge is 0.493 e. The molecule has 0 aliphatic heterocycles. The zero-order valence-electron chi connectivity index (χ0n) is 26.2. The van der Waals surface area contributed by atoms with Crippen LogP contribution in [-0.4, -0.2) is 46.0 Å². The topological polar surface area (TPSA) is 118 Å². The molecule has 0 unspecified atom stereocenters. The average Bonchev–Trinajstić information content (AvgIpc) is 3.01. The molecule has 2 rings (SSSR count). The van der Waals surface area contributed by atoms with Gasteiger partial charge in [-0.05, 0) is 61.1 Å². The van der Waals surface area contributed by atoms with E-state index < -0.39 is 22.6 Å². The molecule has 0 saturated carbocycles. The minimum Gasteiger partial charge on any atom is -0.493 e. The lowest BCUT2D eigenvalue weighted by Gasteiger charge is -2.32. The molecule has 0 aromatic heterocycles. The van der Waals surface area contributed by atoms with Gasteiger partial charge in [-0.15, -0.1) is 0 Å². The van der Waals surface area contributed by atoms with Gasteiger partial charge in [0.15, 0.2) is 0 Å². The first-order chi connectivity index (χ1) is 20.9. The van der Waals surface area contributed by atoms with Crippen molar-refractivity contribution in [1.29, 1.82) is 0 Å². The summed E-state index contributed by atoms with van der Waals surface area (Å²) in [4.78, 5) is 37.9. The maximum absolute atomic E-state index is 9.47. The zero-order valence-corrected chi connectivity index (χ0v) is 28.0. The molecule has 43 heavy (non-hydrogen) atoms. The summed E-state index contributed by atoms with van der Waals surface area (Å²) in [6.07, 6.45) is 17.1. The van der Waals surface area contributed by atoms with E-state index in [0.29, 0.717) is 11.5 Å². The predicted octanol–water partition coefficient (Wildman–Crippen LogP) is 8.39. The molecule has 0 aliphatic rings. The van der Waals surface area contributed by atoms with E-state index in [1.165, 1.54) is 75.3 Å². The summed E-state index contributed by atoms with van der Waals surface area (Å²) in [6, 6.07) is 15.9. The van der Waals surface area contributed by atoms with Crippen molar-refractivity contribution in [2.24, 2.45) is 5.41 Å². The number of benzene rings is 2. The van der Waals surface area contributed by atoms with Crippen LogP contribution in [0, 0.1) is 5.41 Å². The van der Waals surface area contributed by atoms with Gasteiger partial charge in [-0.2, -0.15) is 0 Å². The number of hydrogen-bond donors (Lipinski definition) is 4.